The molecule has 26 heavy (non-hydrogen) atoms. The minimum Gasteiger partial charge on any atom is -0.434 e. The predicted octanol–water partition coefficient (Wildman–Crippen LogP) is 2.45. The molecule has 0 bridgehead atoms. The highest BCUT2D eigenvalue weighted by molar-refractivity contribution is 5.84. The summed E-state index contributed by atoms with van der Waals surface area (Å²) in [6, 6.07) is 0. The lowest BCUT2D eigenvalue weighted by molar-refractivity contribution is -0.133. The van der Waals surface area contributed by atoms with Crippen LogP contribution in [0.1, 0.15) is 20.3 Å². The van der Waals surface area contributed by atoms with Crippen molar-refractivity contribution < 1.29 is 23.8 Å². The summed E-state index contributed by atoms with van der Waals surface area (Å²) in [7, 11) is 0. The van der Waals surface area contributed by atoms with Crippen molar-refractivity contribution in [2.45, 2.75) is 20.3 Å². The van der Waals surface area contributed by atoms with Gasteiger partial charge in [-0.25, -0.2) is 9.59 Å². The van der Waals surface area contributed by atoms with E-state index in [0.29, 0.717) is 18.5 Å². The molecule has 0 aromatic rings. The zero-order chi connectivity index (χ0) is 19.9. The maximum atomic E-state index is 11.9. The lowest BCUT2D eigenvalue weighted by Crippen LogP contribution is -2.23. The summed E-state index contributed by atoms with van der Waals surface area (Å²) in [5, 5.41) is 0. The quantitative estimate of drug-likeness (QED) is 0.116. The van der Waals surface area contributed by atoms with Gasteiger partial charge in [-0.2, -0.15) is 0 Å². The first-order valence-corrected chi connectivity index (χ1v) is 7.76. The Labute approximate surface area is 153 Å². The summed E-state index contributed by atoms with van der Waals surface area (Å²) in [5.74, 6) is -0.471. The van der Waals surface area contributed by atoms with E-state index in [1.807, 2.05) is 0 Å². The average Bonchev–Trinajstić information content (AvgIpc) is 2.55. The Kier molecular flexibility index (Phi) is 11.4. The molecule has 0 saturated carbocycles. The lowest BCUT2D eigenvalue weighted by Gasteiger charge is -2.07. The highest BCUT2D eigenvalue weighted by Crippen LogP contribution is 2.12. The Morgan fingerprint density at radius 1 is 1.15 bits per heavy atom. The number of hydrogen-bond donors (Lipinski definition) is 2. The molecule has 0 aliphatic heterocycles. The van der Waals surface area contributed by atoms with Crippen LogP contribution in [-0.4, -0.2) is 31.2 Å². The van der Waals surface area contributed by atoms with Crippen molar-refractivity contribution in [3.05, 3.63) is 60.6 Å². The molecule has 0 fully saturated rings. The van der Waals surface area contributed by atoms with Gasteiger partial charge in [0.25, 0.3) is 0 Å². The zero-order valence-corrected chi connectivity index (χ0v) is 15.1. The second-order valence-corrected chi connectivity index (χ2v) is 4.76. The van der Waals surface area contributed by atoms with Gasteiger partial charge in [0.05, 0.1) is 12.7 Å². The molecule has 0 unspecified atom stereocenters. The Balaban J connectivity index is 4.60. The Morgan fingerprint density at radius 3 is 2.35 bits per heavy atom. The highest BCUT2D eigenvalue weighted by Gasteiger charge is 2.09. The first kappa shape index (κ1) is 22.7. The molecule has 0 amide bonds. The second kappa shape index (κ2) is 13.1. The predicted molar refractivity (Wildman–Crippen MR) is 99.8 cm³/mol. The van der Waals surface area contributed by atoms with Gasteiger partial charge in [-0.1, -0.05) is 31.4 Å². The van der Waals surface area contributed by atoms with E-state index in [1.54, 1.807) is 19.1 Å². The van der Waals surface area contributed by atoms with Crippen LogP contribution in [0.2, 0.25) is 0 Å². The van der Waals surface area contributed by atoms with Crippen molar-refractivity contribution in [2.24, 2.45) is 16.5 Å². The fraction of sp³-hybridized carbons (Fsp3) is 0.278. The molecule has 0 spiro atoms. The number of ether oxygens (including phenoxy) is 3. The molecule has 142 valence electrons. The standard InChI is InChI=1S/C18H25N3O5/c1-5-9-15(14(6-2)7-3)26-16(22)12-13(4)25-18(23)24-11-8-10-21-17(19)20/h5-7,9,12H,2-3,8,10-11H2,1,4H3,(H4,19,20,21)/b9-5-,13-12+. The SMILES string of the molecule is C=CC(C=C)=C(/C=C\C)OC(=O)/C=C(\C)OC(=O)OCCCN=C(N)N. The van der Waals surface area contributed by atoms with Crippen LogP contribution in [0.5, 0.6) is 0 Å². The van der Waals surface area contributed by atoms with Gasteiger partial charge in [0.1, 0.15) is 11.5 Å². The fourth-order valence-corrected chi connectivity index (χ4v) is 1.55. The van der Waals surface area contributed by atoms with Crippen molar-refractivity contribution in [3.8, 4) is 0 Å². The highest BCUT2D eigenvalue weighted by atomic mass is 16.7. The molecule has 0 aliphatic rings. The third kappa shape index (κ3) is 10.5. The number of allylic oxidation sites excluding steroid dienone is 6. The first-order valence-electron chi connectivity index (χ1n) is 7.76. The Hall–Kier alpha value is -3.29. The fourth-order valence-electron chi connectivity index (χ4n) is 1.55. The summed E-state index contributed by atoms with van der Waals surface area (Å²) in [4.78, 5) is 27.1. The van der Waals surface area contributed by atoms with Crippen LogP contribution < -0.4 is 11.5 Å². The molecule has 0 aliphatic carbocycles. The molecule has 0 heterocycles. The van der Waals surface area contributed by atoms with E-state index in [9.17, 15) is 9.59 Å². The third-order valence-electron chi connectivity index (χ3n) is 2.64. The molecule has 0 atom stereocenters. The number of carbonyl (C=O) groups excluding carboxylic acids is 2. The molecule has 0 radical (unpaired) electrons. The van der Waals surface area contributed by atoms with Crippen LogP contribution in [0.25, 0.3) is 0 Å². The average molecular weight is 363 g/mol. The number of rotatable bonds is 10. The first-order chi connectivity index (χ1) is 12.3. The summed E-state index contributed by atoms with van der Waals surface area (Å²) in [5.41, 5.74) is 10.9. The molecule has 0 saturated heterocycles. The molecule has 4 N–H and O–H groups in total. The number of hydrogen-bond acceptors (Lipinski definition) is 6. The molecule has 8 heteroatoms. The topological polar surface area (TPSA) is 126 Å². The van der Waals surface area contributed by atoms with Gasteiger partial charge >= 0.3 is 12.1 Å². The number of carbonyl (C=O) groups is 2. The smallest absolute Gasteiger partial charge is 0.434 e. The molecule has 0 aromatic carbocycles. The summed E-state index contributed by atoms with van der Waals surface area (Å²) in [6.07, 6.45) is 6.80. The zero-order valence-electron chi connectivity index (χ0n) is 15.1. The van der Waals surface area contributed by atoms with E-state index in [4.69, 9.17) is 25.7 Å². The van der Waals surface area contributed by atoms with E-state index < -0.39 is 12.1 Å². The van der Waals surface area contributed by atoms with Crippen LogP contribution in [0.15, 0.2) is 65.6 Å². The largest absolute Gasteiger partial charge is 0.513 e. The second-order valence-electron chi connectivity index (χ2n) is 4.76. The molecular formula is C18H25N3O5. The number of esters is 1. The van der Waals surface area contributed by atoms with Crippen molar-refractivity contribution in [2.75, 3.05) is 13.2 Å². The maximum absolute atomic E-state index is 11.9. The molecule has 8 nitrogen and oxygen atoms in total. The van der Waals surface area contributed by atoms with E-state index >= 15 is 0 Å². The monoisotopic (exact) mass is 363 g/mol. The van der Waals surface area contributed by atoms with Crippen LogP contribution >= 0.6 is 0 Å². The number of nitrogens with two attached hydrogens (primary N) is 2. The van der Waals surface area contributed by atoms with Gasteiger partial charge in [-0.05, 0) is 19.9 Å². The maximum Gasteiger partial charge on any atom is 0.513 e. The number of nitrogens with zero attached hydrogens (tertiary/aromatic N) is 1. The lowest BCUT2D eigenvalue weighted by atomic mass is 10.2. The van der Waals surface area contributed by atoms with E-state index in [-0.39, 0.29) is 24.1 Å². The van der Waals surface area contributed by atoms with Gasteiger partial charge in [-0.3, -0.25) is 4.99 Å². The summed E-state index contributed by atoms with van der Waals surface area (Å²) in [6.45, 7) is 10.8. The van der Waals surface area contributed by atoms with E-state index in [2.05, 4.69) is 18.2 Å². The van der Waals surface area contributed by atoms with Gasteiger partial charge < -0.3 is 25.7 Å². The normalized spacial score (nSPS) is 10.6. The van der Waals surface area contributed by atoms with Crippen LogP contribution in [-0.2, 0) is 19.0 Å². The van der Waals surface area contributed by atoms with Crippen LogP contribution in [0.4, 0.5) is 4.79 Å². The minimum atomic E-state index is -0.946. The van der Waals surface area contributed by atoms with E-state index in [0.717, 1.165) is 6.08 Å². The minimum absolute atomic E-state index is 0.0165. The molecule has 0 rings (SSSR count). The Morgan fingerprint density at radius 2 is 1.81 bits per heavy atom. The molecule has 0 aromatic heterocycles. The van der Waals surface area contributed by atoms with Gasteiger partial charge in [0.15, 0.2) is 5.96 Å². The van der Waals surface area contributed by atoms with Crippen molar-refractivity contribution in [1.82, 2.24) is 0 Å². The van der Waals surface area contributed by atoms with Crippen molar-refractivity contribution in [1.29, 1.82) is 0 Å². The third-order valence-corrected chi connectivity index (χ3v) is 2.64. The van der Waals surface area contributed by atoms with Gasteiger partial charge in [-0.15, -0.1) is 0 Å². The molecular weight excluding hydrogens is 338 g/mol. The van der Waals surface area contributed by atoms with Crippen LogP contribution in [0.3, 0.4) is 0 Å². The van der Waals surface area contributed by atoms with E-state index in [1.165, 1.54) is 19.1 Å². The number of aliphatic imine (C=N–C) groups is 1. The van der Waals surface area contributed by atoms with Gasteiger partial charge in [0.2, 0.25) is 0 Å². The van der Waals surface area contributed by atoms with Crippen molar-refractivity contribution >= 4 is 18.1 Å². The van der Waals surface area contributed by atoms with Crippen molar-refractivity contribution in [3.63, 3.8) is 0 Å². The van der Waals surface area contributed by atoms with Gasteiger partial charge in [0, 0.05) is 18.5 Å². The summed E-state index contributed by atoms with van der Waals surface area (Å²) >= 11 is 0. The summed E-state index contributed by atoms with van der Waals surface area (Å²) < 4.78 is 14.8. The van der Waals surface area contributed by atoms with Crippen LogP contribution in [0, 0.1) is 0 Å². The Bertz CT molecular complexity index is 631. The number of guanidine groups is 1.